The molecule has 29 heavy (non-hydrogen) atoms. The molecule has 1 aromatic carbocycles. The Bertz CT molecular complexity index is 921. The summed E-state index contributed by atoms with van der Waals surface area (Å²) < 4.78 is 10.9. The van der Waals surface area contributed by atoms with Gasteiger partial charge < -0.3 is 24.7 Å². The van der Waals surface area contributed by atoms with Crippen molar-refractivity contribution in [1.29, 1.82) is 0 Å². The van der Waals surface area contributed by atoms with Crippen LogP contribution < -0.4 is 10.1 Å². The first-order valence-corrected chi connectivity index (χ1v) is 9.98. The minimum absolute atomic E-state index is 0.0134. The van der Waals surface area contributed by atoms with Gasteiger partial charge in [-0.3, -0.25) is 4.79 Å². The van der Waals surface area contributed by atoms with Crippen molar-refractivity contribution in [2.75, 3.05) is 32.6 Å². The van der Waals surface area contributed by atoms with Crippen molar-refractivity contribution >= 4 is 40.8 Å². The van der Waals surface area contributed by atoms with E-state index in [-0.39, 0.29) is 16.8 Å². The van der Waals surface area contributed by atoms with Crippen LogP contribution in [-0.2, 0) is 4.74 Å². The Balaban J connectivity index is 1.86. The van der Waals surface area contributed by atoms with E-state index in [1.807, 2.05) is 0 Å². The number of ether oxygens (including phenoxy) is 2. The normalized spacial score (nSPS) is 15.2. The average Bonchev–Trinajstić information content (AvgIpc) is 2.97. The lowest BCUT2D eigenvalue weighted by Gasteiger charge is -2.30. The zero-order valence-electron chi connectivity index (χ0n) is 16.5. The monoisotopic (exact) mass is 439 g/mol. The first-order valence-electron chi connectivity index (χ1n) is 9.22. The molecule has 2 aromatic rings. The van der Waals surface area contributed by atoms with Crippen LogP contribution in [0, 0.1) is 6.92 Å². The van der Waals surface area contributed by atoms with Crippen LogP contribution in [0.3, 0.4) is 0 Å². The van der Waals surface area contributed by atoms with E-state index in [1.54, 1.807) is 25.1 Å². The number of benzene rings is 1. The van der Waals surface area contributed by atoms with Crippen LogP contribution in [0.15, 0.2) is 18.2 Å². The van der Waals surface area contributed by atoms with E-state index in [2.05, 4.69) is 22.2 Å². The molecule has 156 valence electrons. The molecule has 0 aliphatic carbocycles. The number of likely N-dealkylation sites (tertiary alicyclic amines) is 1. The summed E-state index contributed by atoms with van der Waals surface area (Å²) in [6, 6.07) is 4.76. The second kappa shape index (κ2) is 9.07. The van der Waals surface area contributed by atoms with E-state index in [4.69, 9.17) is 32.7 Å². The Labute approximate surface area is 179 Å². The zero-order valence-corrected chi connectivity index (χ0v) is 18.0. The van der Waals surface area contributed by atoms with E-state index >= 15 is 0 Å². The molecule has 2 heterocycles. The largest absolute Gasteiger partial charge is 0.488 e. The number of hydrogen-bond donors (Lipinski definition) is 2. The molecule has 1 aromatic heterocycles. The lowest BCUT2D eigenvalue weighted by atomic mass is 10.1. The third-order valence-corrected chi connectivity index (χ3v) is 5.84. The number of H-pyrrole nitrogens is 1. The van der Waals surface area contributed by atoms with E-state index in [0.29, 0.717) is 27.7 Å². The smallest absolute Gasteiger partial charge is 0.337 e. The average molecular weight is 440 g/mol. The van der Waals surface area contributed by atoms with E-state index < -0.39 is 11.9 Å². The second-order valence-electron chi connectivity index (χ2n) is 7.03. The molecule has 1 aliphatic heterocycles. The number of hydrogen-bond acceptors (Lipinski definition) is 5. The number of rotatable bonds is 5. The van der Waals surface area contributed by atoms with Crippen LogP contribution in [0.2, 0.25) is 10.0 Å². The number of nitrogens with zero attached hydrogens (tertiary/aromatic N) is 1. The third kappa shape index (κ3) is 4.86. The number of nitrogens with one attached hydrogen (secondary N) is 2. The van der Waals surface area contributed by atoms with Crippen molar-refractivity contribution in [1.82, 2.24) is 9.88 Å². The van der Waals surface area contributed by atoms with Crippen LogP contribution in [0.4, 0.5) is 5.69 Å². The van der Waals surface area contributed by atoms with Gasteiger partial charge in [-0.2, -0.15) is 0 Å². The number of aromatic nitrogens is 1. The molecule has 1 saturated heterocycles. The Morgan fingerprint density at radius 1 is 1.21 bits per heavy atom. The number of aryl methyl sites for hydroxylation is 1. The van der Waals surface area contributed by atoms with Gasteiger partial charge in [0.1, 0.15) is 17.5 Å². The van der Waals surface area contributed by atoms with Gasteiger partial charge in [0.15, 0.2) is 0 Å². The lowest BCUT2D eigenvalue weighted by molar-refractivity contribution is 0.0599. The van der Waals surface area contributed by atoms with Crippen molar-refractivity contribution in [2.24, 2.45) is 0 Å². The van der Waals surface area contributed by atoms with Gasteiger partial charge in [-0.15, -0.1) is 0 Å². The third-order valence-electron chi connectivity index (χ3n) is 4.89. The molecule has 9 heteroatoms. The topological polar surface area (TPSA) is 83.7 Å². The van der Waals surface area contributed by atoms with Gasteiger partial charge in [-0.1, -0.05) is 23.2 Å². The molecule has 0 bridgehead atoms. The fourth-order valence-electron chi connectivity index (χ4n) is 3.16. The van der Waals surface area contributed by atoms with E-state index in [0.717, 1.165) is 25.9 Å². The molecule has 0 radical (unpaired) electrons. The van der Waals surface area contributed by atoms with Crippen molar-refractivity contribution in [3.63, 3.8) is 0 Å². The summed E-state index contributed by atoms with van der Waals surface area (Å²) in [6.45, 7) is 3.56. The van der Waals surface area contributed by atoms with Gasteiger partial charge in [0.05, 0.1) is 28.4 Å². The number of carbonyl (C=O) groups is 2. The van der Waals surface area contributed by atoms with Crippen LogP contribution in [-0.4, -0.2) is 55.1 Å². The fraction of sp³-hybridized carbons (Fsp3) is 0.400. The summed E-state index contributed by atoms with van der Waals surface area (Å²) in [6.07, 6.45) is 1.69. The molecule has 1 aliphatic rings. The molecule has 1 fully saturated rings. The van der Waals surface area contributed by atoms with Crippen molar-refractivity contribution in [3.05, 3.63) is 45.2 Å². The van der Waals surface area contributed by atoms with E-state index in [9.17, 15) is 9.59 Å². The van der Waals surface area contributed by atoms with Crippen LogP contribution >= 0.6 is 23.2 Å². The van der Waals surface area contributed by atoms with E-state index in [1.165, 1.54) is 7.11 Å². The number of methoxy groups -OCH3 is 1. The van der Waals surface area contributed by atoms with Crippen LogP contribution in [0.5, 0.6) is 5.75 Å². The molecule has 0 saturated carbocycles. The molecule has 0 atom stereocenters. The van der Waals surface area contributed by atoms with Gasteiger partial charge in [0, 0.05) is 18.8 Å². The standard InChI is InChI=1S/C20H23Cl2N3O4/c1-11-16(21)17(22)18(23-11)19(26)24-14-5-4-12(20(27)28-3)10-15(14)29-13-6-8-25(2)9-7-13/h4-5,10,13,23H,6-9H2,1-3H3,(H,24,26). The maximum absolute atomic E-state index is 12.7. The highest BCUT2D eigenvalue weighted by Gasteiger charge is 2.23. The van der Waals surface area contributed by atoms with Gasteiger partial charge in [0.2, 0.25) is 0 Å². The summed E-state index contributed by atoms with van der Waals surface area (Å²) in [5.41, 5.74) is 1.54. The molecule has 7 nitrogen and oxygen atoms in total. The molecule has 3 rings (SSSR count). The fourth-order valence-corrected chi connectivity index (χ4v) is 3.58. The Kier molecular flexibility index (Phi) is 6.72. The van der Waals surface area contributed by atoms with Gasteiger partial charge in [0.25, 0.3) is 5.91 Å². The Hall–Kier alpha value is -2.22. The lowest BCUT2D eigenvalue weighted by Crippen LogP contribution is -2.35. The molecular weight excluding hydrogens is 417 g/mol. The molecule has 2 N–H and O–H groups in total. The van der Waals surface area contributed by atoms with Gasteiger partial charge >= 0.3 is 5.97 Å². The first-order chi connectivity index (χ1) is 13.8. The number of halogens is 2. The van der Waals surface area contributed by atoms with Crippen molar-refractivity contribution in [2.45, 2.75) is 25.9 Å². The zero-order chi connectivity index (χ0) is 21.1. The molecule has 1 amide bonds. The summed E-state index contributed by atoms with van der Waals surface area (Å²) in [5.74, 6) is -0.531. The minimum atomic E-state index is -0.481. The number of anilines is 1. The van der Waals surface area contributed by atoms with Crippen LogP contribution in [0.1, 0.15) is 39.4 Å². The highest BCUT2D eigenvalue weighted by Crippen LogP contribution is 2.32. The van der Waals surface area contributed by atoms with Gasteiger partial charge in [-0.05, 0) is 45.0 Å². The van der Waals surface area contributed by atoms with Crippen LogP contribution in [0.25, 0.3) is 0 Å². The van der Waals surface area contributed by atoms with Crippen molar-refractivity contribution in [3.8, 4) is 5.75 Å². The Morgan fingerprint density at radius 3 is 2.48 bits per heavy atom. The number of esters is 1. The second-order valence-corrected chi connectivity index (χ2v) is 7.79. The highest BCUT2D eigenvalue weighted by atomic mass is 35.5. The number of amides is 1. The maximum atomic E-state index is 12.7. The summed E-state index contributed by atoms with van der Waals surface area (Å²) in [7, 11) is 3.38. The number of aromatic amines is 1. The van der Waals surface area contributed by atoms with Crippen molar-refractivity contribution < 1.29 is 19.1 Å². The van der Waals surface area contributed by atoms with Gasteiger partial charge in [-0.25, -0.2) is 4.79 Å². The number of piperidine rings is 1. The summed E-state index contributed by atoms with van der Waals surface area (Å²) in [5, 5.41) is 3.25. The highest BCUT2D eigenvalue weighted by molar-refractivity contribution is 6.44. The Morgan fingerprint density at radius 2 is 1.90 bits per heavy atom. The summed E-state index contributed by atoms with van der Waals surface area (Å²) in [4.78, 5) is 29.8. The molecule has 0 unspecified atom stereocenters. The minimum Gasteiger partial charge on any atom is -0.488 e. The first kappa shape index (κ1) is 21.5. The quantitative estimate of drug-likeness (QED) is 0.683. The maximum Gasteiger partial charge on any atom is 0.337 e. The number of carbonyl (C=O) groups excluding carboxylic acids is 2. The summed E-state index contributed by atoms with van der Waals surface area (Å²) >= 11 is 12.2. The predicted octanol–water partition coefficient (Wildman–Crippen LogP) is 4.14. The SMILES string of the molecule is COC(=O)c1ccc(NC(=O)c2[nH]c(C)c(Cl)c2Cl)c(OC2CCN(C)CC2)c1. The predicted molar refractivity (Wildman–Crippen MR) is 112 cm³/mol. The molecular formula is C20H23Cl2N3O4. The molecule has 0 spiro atoms.